The summed E-state index contributed by atoms with van der Waals surface area (Å²) >= 11 is 0.378. The van der Waals surface area contributed by atoms with Crippen LogP contribution in [0.2, 0.25) is 0 Å². The van der Waals surface area contributed by atoms with E-state index >= 15 is 0 Å². The monoisotopic (exact) mass is 478 g/mol. The molecular weight excluding hydrogens is 466 g/mol. The van der Waals surface area contributed by atoms with Crippen LogP contribution in [0.1, 0.15) is 23.6 Å². The number of benzene rings is 2. The molecule has 1 aromatic heterocycles. The number of aromatic amines is 1. The Morgan fingerprint density at radius 1 is 1.09 bits per heavy atom. The Morgan fingerprint density at radius 3 is 2.34 bits per heavy atom. The Bertz CT molecular complexity index is 1230. The molecule has 0 fully saturated rings. The van der Waals surface area contributed by atoms with E-state index in [9.17, 15) is 41.3 Å². The van der Waals surface area contributed by atoms with Gasteiger partial charge in [0.25, 0.3) is 5.69 Å². The van der Waals surface area contributed by atoms with E-state index in [4.69, 9.17) is 0 Å². The van der Waals surface area contributed by atoms with Gasteiger partial charge in [0.05, 0.1) is 26.6 Å². The average molecular weight is 478 g/mol. The minimum absolute atomic E-state index is 0.295. The topological polar surface area (TPSA) is 93.8 Å². The van der Waals surface area contributed by atoms with E-state index in [2.05, 4.69) is 5.10 Å². The average Bonchev–Trinajstić information content (AvgIpc) is 3.06. The molecule has 0 amide bonds. The van der Waals surface area contributed by atoms with Crippen LogP contribution in [0.4, 0.5) is 32.0 Å². The quantitative estimate of drug-likeness (QED) is 0.308. The second kappa shape index (κ2) is 8.33. The van der Waals surface area contributed by atoms with Gasteiger partial charge in [0.15, 0.2) is 0 Å². The van der Waals surface area contributed by atoms with Gasteiger partial charge in [-0.25, -0.2) is 14.5 Å². The van der Waals surface area contributed by atoms with Gasteiger partial charge in [-0.05, 0) is 48.0 Å². The lowest BCUT2D eigenvalue weighted by molar-refractivity contribution is -0.388. The summed E-state index contributed by atoms with van der Waals surface area (Å²) in [4.78, 5) is 22.1. The molecule has 3 aromatic rings. The van der Waals surface area contributed by atoms with Crippen LogP contribution in [0.5, 0.6) is 0 Å². The van der Waals surface area contributed by atoms with Crippen molar-refractivity contribution in [3.63, 3.8) is 0 Å². The molecule has 0 saturated heterocycles. The zero-order chi connectivity index (χ0) is 23.8. The van der Waals surface area contributed by atoms with E-state index < -0.39 is 50.6 Å². The number of nitrogens with zero attached hydrogens (tertiary/aromatic N) is 3. The van der Waals surface area contributed by atoms with Gasteiger partial charge in [-0.1, -0.05) is 13.0 Å². The molecule has 0 saturated carbocycles. The van der Waals surface area contributed by atoms with Gasteiger partial charge >= 0.3 is 18.0 Å². The highest BCUT2D eigenvalue weighted by molar-refractivity contribution is 7.99. The largest absolute Gasteiger partial charge is 0.418 e. The number of H-pyrrole nitrogens is 1. The molecule has 1 N–H and O–H groups in total. The highest BCUT2D eigenvalue weighted by atomic mass is 32.2. The molecule has 0 bridgehead atoms. The van der Waals surface area contributed by atoms with Crippen LogP contribution in [0.25, 0.3) is 5.69 Å². The molecule has 7 nitrogen and oxygen atoms in total. The third kappa shape index (κ3) is 4.64. The maximum absolute atomic E-state index is 13.6. The zero-order valence-corrected chi connectivity index (χ0v) is 16.7. The van der Waals surface area contributed by atoms with Crippen LogP contribution in [-0.2, 0) is 18.8 Å². The lowest BCUT2D eigenvalue weighted by Gasteiger charge is -2.15. The molecule has 0 aliphatic rings. The summed E-state index contributed by atoms with van der Waals surface area (Å²) in [5.41, 5.74) is -4.64. The minimum Gasteiger partial charge on any atom is -0.258 e. The molecule has 0 aliphatic heterocycles. The van der Waals surface area contributed by atoms with E-state index in [-0.39, 0.29) is 4.90 Å². The molecule has 0 spiro atoms. The van der Waals surface area contributed by atoms with Gasteiger partial charge in [0, 0.05) is 6.07 Å². The Morgan fingerprint density at radius 2 is 1.78 bits per heavy atom. The molecule has 2 aromatic carbocycles. The Hall–Kier alpha value is -3.29. The lowest BCUT2D eigenvalue weighted by atomic mass is 10.1. The highest BCUT2D eigenvalue weighted by Gasteiger charge is 2.36. The molecule has 1 heterocycles. The summed E-state index contributed by atoms with van der Waals surface area (Å²) in [7, 11) is 0. The Balaban J connectivity index is 2.15. The van der Waals surface area contributed by atoms with Gasteiger partial charge in [0.1, 0.15) is 0 Å². The third-order valence-corrected chi connectivity index (χ3v) is 5.36. The minimum atomic E-state index is -4.84. The number of aromatic nitrogens is 3. The van der Waals surface area contributed by atoms with Crippen molar-refractivity contribution >= 4 is 17.4 Å². The molecule has 0 radical (unpaired) electrons. The van der Waals surface area contributed by atoms with Crippen molar-refractivity contribution in [3.8, 4) is 5.69 Å². The van der Waals surface area contributed by atoms with Gasteiger partial charge in [-0.15, -0.1) is 5.10 Å². The summed E-state index contributed by atoms with van der Waals surface area (Å²) in [5.74, 6) is 0. The van der Waals surface area contributed by atoms with Gasteiger partial charge in [-0.3, -0.25) is 10.1 Å². The normalized spacial score (nSPS) is 12.2. The first kappa shape index (κ1) is 23.4. The fraction of sp³-hybridized carbons (Fsp3) is 0.222. The van der Waals surface area contributed by atoms with Gasteiger partial charge < -0.3 is 0 Å². The predicted molar refractivity (Wildman–Crippen MR) is 101 cm³/mol. The molecule has 3 rings (SSSR count). The SMILES string of the molecule is CCc1ccc(-n2c(Sc3ccc(C(F)(F)F)cc3[N+](=O)[O-])n[nH]c2=O)c(C(F)(F)F)c1. The van der Waals surface area contributed by atoms with Crippen LogP contribution >= 0.6 is 11.8 Å². The highest BCUT2D eigenvalue weighted by Crippen LogP contribution is 2.40. The van der Waals surface area contributed by atoms with E-state index in [0.29, 0.717) is 40.4 Å². The van der Waals surface area contributed by atoms with Crippen molar-refractivity contribution in [1.29, 1.82) is 0 Å². The van der Waals surface area contributed by atoms with Gasteiger partial charge in [-0.2, -0.15) is 26.3 Å². The van der Waals surface area contributed by atoms with Crippen LogP contribution in [-0.4, -0.2) is 19.7 Å². The summed E-state index contributed by atoms with van der Waals surface area (Å²) < 4.78 is 80.1. The predicted octanol–water partition coefficient (Wildman–Crippen LogP) is 5.22. The smallest absolute Gasteiger partial charge is 0.258 e. The first-order valence-electron chi connectivity index (χ1n) is 8.74. The molecule has 14 heteroatoms. The number of aryl methyl sites for hydroxylation is 1. The molecule has 0 atom stereocenters. The summed E-state index contributed by atoms with van der Waals surface area (Å²) in [6.07, 6.45) is -9.38. The molecule has 0 unspecified atom stereocenters. The van der Waals surface area contributed by atoms with Crippen molar-refractivity contribution < 1.29 is 31.3 Å². The number of nitrogens with one attached hydrogen (secondary N) is 1. The Labute approximate surface area is 179 Å². The van der Waals surface area contributed by atoms with E-state index in [0.717, 1.165) is 18.2 Å². The molecule has 32 heavy (non-hydrogen) atoms. The van der Waals surface area contributed by atoms with Crippen molar-refractivity contribution in [2.75, 3.05) is 0 Å². The second-order valence-electron chi connectivity index (χ2n) is 6.39. The summed E-state index contributed by atoms with van der Waals surface area (Å²) in [5, 5.41) is 16.4. The number of hydrogen-bond acceptors (Lipinski definition) is 5. The number of rotatable bonds is 5. The van der Waals surface area contributed by atoms with E-state index in [1.165, 1.54) is 6.07 Å². The first-order valence-corrected chi connectivity index (χ1v) is 9.56. The number of nitro benzene ring substituents is 1. The maximum Gasteiger partial charge on any atom is 0.418 e. The number of nitro groups is 1. The van der Waals surface area contributed by atoms with Crippen molar-refractivity contribution in [3.05, 3.63) is 73.7 Å². The van der Waals surface area contributed by atoms with Crippen LogP contribution in [0.15, 0.2) is 51.2 Å². The lowest BCUT2D eigenvalue weighted by Crippen LogP contribution is -2.20. The molecule has 0 aliphatic carbocycles. The standard InChI is InChI=1S/C18H12F6N4O3S/c1-2-9-3-5-12(11(7-9)18(22,23)24)27-15(29)25-26-16(27)32-14-6-4-10(17(19,20)21)8-13(14)28(30)31/h3-8H,2H2,1H3,(H,25,29). The second-order valence-corrected chi connectivity index (χ2v) is 7.40. The van der Waals surface area contributed by atoms with Crippen LogP contribution in [0.3, 0.4) is 0 Å². The summed E-state index contributed by atoms with van der Waals surface area (Å²) in [6.45, 7) is 1.64. The number of hydrogen-bond donors (Lipinski definition) is 1. The molecule has 170 valence electrons. The zero-order valence-electron chi connectivity index (χ0n) is 15.9. The third-order valence-electron chi connectivity index (χ3n) is 4.34. The maximum atomic E-state index is 13.6. The van der Waals surface area contributed by atoms with Crippen molar-refractivity contribution in [1.82, 2.24) is 14.8 Å². The van der Waals surface area contributed by atoms with Crippen molar-refractivity contribution in [2.24, 2.45) is 0 Å². The fourth-order valence-corrected chi connectivity index (χ4v) is 3.74. The van der Waals surface area contributed by atoms with E-state index in [1.807, 2.05) is 5.10 Å². The number of halogens is 6. The Kier molecular flexibility index (Phi) is 6.09. The number of alkyl halides is 6. The van der Waals surface area contributed by atoms with Crippen LogP contribution < -0.4 is 5.69 Å². The summed E-state index contributed by atoms with van der Waals surface area (Å²) in [6, 6.07) is 4.98. The van der Waals surface area contributed by atoms with Gasteiger partial charge in [0.2, 0.25) is 5.16 Å². The van der Waals surface area contributed by atoms with Crippen molar-refractivity contribution in [2.45, 2.75) is 35.7 Å². The molecular formula is C18H12F6N4O3S. The van der Waals surface area contributed by atoms with E-state index in [1.54, 1.807) is 6.92 Å². The first-order chi connectivity index (χ1) is 14.8. The van der Waals surface area contributed by atoms with Crippen LogP contribution in [0, 0.1) is 10.1 Å². The fourth-order valence-electron chi connectivity index (χ4n) is 2.81.